The van der Waals surface area contributed by atoms with E-state index in [0.29, 0.717) is 5.01 Å². The first-order chi connectivity index (χ1) is 16.3. The van der Waals surface area contributed by atoms with Gasteiger partial charge in [0.2, 0.25) is 0 Å². The van der Waals surface area contributed by atoms with Crippen LogP contribution in [-0.2, 0) is 16.1 Å². The van der Waals surface area contributed by atoms with Crippen molar-refractivity contribution in [2.75, 3.05) is 20.2 Å². The molecule has 1 heterocycles. The van der Waals surface area contributed by atoms with Crippen molar-refractivity contribution < 1.29 is 24.2 Å². The molecule has 0 spiro atoms. The van der Waals surface area contributed by atoms with Crippen LogP contribution in [0.5, 0.6) is 0 Å². The maximum Gasteiger partial charge on any atom is 0.407 e. The Morgan fingerprint density at radius 2 is 1.74 bits per heavy atom. The Labute approximate surface area is 201 Å². The number of benzene rings is 2. The topological polar surface area (TPSA) is 109 Å². The van der Waals surface area contributed by atoms with Crippen LogP contribution in [0, 0.1) is 5.92 Å². The van der Waals surface area contributed by atoms with E-state index in [1.165, 1.54) is 30.2 Å². The minimum atomic E-state index is -0.967. The van der Waals surface area contributed by atoms with Crippen LogP contribution >= 0.6 is 11.3 Å². The second-order valence-corrected chi connectivity index (χ2v) is 9.17. The molecule has 3 aromatic rings. The minimum absolute atomic E-state index is 0.0223. The molecular formula is C25H25N3O5S. The van der Waals surface area contributed by atoms with Crippen LogP contribution in [0.2, 0.25) is 0 Å². The number of hydrogen-bond acceptors (Lipinski definition) is 6. The summed E-state index contributed by atoms with van der Waals surface area (Å²) in [6.07, 6.45) is -0.558. The first-order valence-electron chi connectivity index (χ1n) is 10.9. The van der Waals surface area contributed by atoms with Gasteiger partial charge in [-0.2, -0.15) is 0 Å². The molecule has 8 nitrogen and oxygen atoms in total. The molecule has 0 radical (unpaired) electrons. The number of rotatable bonds is 8. The highest BCUT2D eigenvalue weighted by Crippen LogP contribution is 2.44. The summed E-state index contributed by atoms with van der Waals surface area (Å²) in [4.78, 5) is 41.4. The van der Waals surface area contributed by atoms with Crippen LogP contribution in [0.15, 0.2) is 53.9 Å². The predicted octanol–water partition coefficient (Wildman–Crippen LogP) is 3.97. The summed E-state index contributed by atoms with van der Waals surface area (Å²) in [5.41, 5.74) is 4.82. The number of nitrogens with one attached hydrogen (secondary N) is 1. The van der Waals surface area contributed by atoms with E-state index in [4.69, 9.17) is 9.84 Å². The van der Waals surface area contributed by atoms with Crippen molar-refractivity contribution in [2.24, 2.45) is 5.92 Å². The summed E-state index contributed by atoms with van der Waals surface area (Å²) >= 11 is 1.24. The van der Waals surface area contributed by atoms with Gasteiger partial charge in [0.05, 0.1) is 12.5 Å². The Morgan fingerprint density at radius 3 is 2.35 bits per heavy atom. The monoisotopic (exact) mass is 479 g/mol. The maximum absolute atomic E-state index is 12.5. The van der Waals surface area contributed by atoms with Crippen LogP contribution in [0.4, 0.5) is 4.79 Å². The number of carbonyl (C=O) groups is 3. The molecule has 0 bridgehead atoms. The van der Waals surface area contributed by atoms with Gasteiger partial charge in [0.1, 0.15) is 17.3 Å². The smallest absolute Gasteiger partial charge is 0.407 e. The number of ether oxygens (including phenoxy) is 1. The fourth-order valence-electron chi connectivity index (χ4n) is 4.05. The number of thiazole rings is 1. The van der Waals surface area contributed by atoms with Crippen LogP contribution in [-0.4, -0.2) is 53.2 Å². The van der Waals surface area contributed by atoms with Gasteiger partial charge < -0.3 is 20.1 Å². The number of alkyl carbamates (subject to hydrolysis) is 1. The predicted molar refractivity (Wildman–Crippen MR) is 128 cm³/mol. The lowest BCUT2D eigenvalue weighted by Crippen LogP contribution is -2.34. The number of fused-ring (bicyclic) bond motifs is 3. The molecule has 176 valence electrons. The number of carboxylic acids is 1. The fourth-order valence-corrected chi connectivity index (χ4v) is 4.76. The Kier molecular flexibility index (Phi) is 6.93. The second kappa shape index (κ2) is 10.0. The molecule has 0 saturated carbocycles. The summed E-state index contributed by atoms with van der Waals surface area (Å²) < 4.78 is 5.52. The van der Waals surface area contributed by atoms with E-state index >= 15 is 0 Å². The number of carbonyl (C=O) groups excluding carboxylic acids is 2. The molecular weight excluding hydrogens is 454 g/mol. The van der Waals surface area contributed by atoms with E-state index in [1.807, 2.05) is 24.3 Å². The van der Waals surface area contributed by atoms with Gasteiger partial charge in [-0.05, 0) is 22.3 Å². The van der Waals surface area contributed by atoms with Crippen molar-refractivity contribution in [2.45, 2.75) is 19.4 Å². The van der Waals surface area contributed by atoms with Gasteiger partial charge in [0.15, 0.2) is 0 Å². The van der Waals surface area contributed by atoms with Gasteiger partial charge in [-0.25, -0.2) is 9.78 Å². The molecule has 1 atom stereocenters. The van der Waals surface area contributed by atoms with Gasteiger partial charge in [-0.15, -0.1) is 11.3 Å². The third-order valence-corrected chi connectivity index (χ3v) is 6.66. The van der Waals surface area contributed by atoms with E-state index in [0.717, 1.165) is 22.3 Å². The van der Waals surface area contributed by atoms with Crippen molar-refractivity contribution in [3.05, 3.63) is 75.7 Å². The summed E-state index contributed by atoms with van der Waals surface area (Å²) in [7, 11) is 1.54. The van der Waals surface area contributed by atoms with Gasteiger partial charge in [0, 0.05) is 24.9 Å². The Hall–Kier alpha value is -3.72. The maximum atomic E-state index is 12.5. The lowest BCUT2D eigenvalue weighted by Gasteiger charge is -2.18. The highest BCUT2D eigenvalue weighted by Gasteiger charge is 2.29. The number of aliphatic carboxylic acids is 1. The zero-order valence-corrected chi connectivity index (χ0v) is 19.7. The highest BCUT2D eigenvalue weighted by atomic mass is 32.1. The molecule has 2 aromatic carbocycles. The molecule has 2 amide bonds. The standard InChI is InChI=1S/C25H25N3O5S/c1-15(24(30)31)12-28(2)23(29)21-14-34-22(27-21)11-26-25(32)33-13-20-18-9-5-3-7-16(18)17-8-4-6-10-19(17)20/h3-10,14-15,20H,11-13H2,1-2H3,(H,26,32)(H,30,31). The number of nitrogens with zero attached hydrogens (tertiary/aromatic N) is 2. The van der Waals surface area contributed by atoms with E-state index in [-0.39, 0.29) is 37.2 Å². The second-order valence-electron chi connectivity index (χ2n) is 8.23. The van der Waals surface area contributed by atoms with Crippen molar-refractivity contribution in [1.29, 1.82) is 0 Å². The SMILES string of the molecule is CC(CN(C)C(=O)c1csc(CNC(=O)OCC2c3ccccc3-c3ccccc32)n1)C(=O)O. The molecule has 0 saturated heterocycles. The lowest BCUT2D eigenvalue weighted by molar-refractivity contribution is -0.141. The number of carboxylic acid groups (broad SMARTS) is 1. The van der Waals surface area contributed by atoms with E-state index in [1.54, 1.807) is 5.38 Å². The van der Waals surface area contributed by atoms with E-state index < -0.39 is 18.0 Å². The average Bonchev–Trinajstić information content (AvgIpc) is 3.44. The van der Waals surface area contributed by atoms with Crippen LogP contribution < -0.4 is 5.32 Å². The molecule has 0 fully saturated rings. The number of hydrogen-bond donors (Lipinski definition) is 2. The van der Waals surface area contributed by atoms with Crippen molar-refractivity contribution in [1.82, 2.24) is 15.2 Å². The zero-order chi connectivity index (χ0) is 24.2. The molecule has 4 rings (SSSR count). The van der Waals surface area contributed by atoms with Crippen LogP contribution in [0.1, 0.15) is 39.5 Å². The highest BCUT2D eigenvalue weighted by molar-refractivity contribution is 7.09. The third-order valence-electron chi connectivity index (χ3n) is 5.81. The lowest BCUT2D eigenvalue weighted by atomic mass is 9.98. The summed E-state index contributed by atoms with van der Waals surface area (Å²) in [6, 6.07) is 16.3. The van der Waals surface area contributed by atoms with Crippen molar-refractivity contribution >= 4 is 29.3 Å². The first-order valence-corrected chi connectivity index (χ1v) is 11.7. The van der Waals surface area contributed by atoms with Crippen molar-refractivity contribution in [3.63, 3.8) is 0 Å². The Bertz CT molecular complexity index is 1180. The summed E-state index contributed by atoms with van der Waals surface area (Å²) in [6.45, 7) is 1.97. The van der Waals surface area contributed by atoms with Gasteiger partial charge in [-0.1, -0.05) is 55.5 Å². The van der Waals surface area contributed by atoms with Gasteiger partial charge >= 0.3 is 12.1 Å². The molecule has 1 aliphatic rings. The normalized spacial score (nSPS) is 13.0. The molecule has 1 aliphatic carbocycles. The molecule has 0 aliphatic heterocycles. The summed E-state index contributed by atoms with van der Waals surface area (Å²) in [5, 5.41) is 13.8. The Morgan fingerprint density at radius 1 is 1.12 bits per heavy atom. The molecule has 1 unspecified atom stereocenters. The molecule has 2 N–H and O–H groups in total. The van der Waals surface area contributed by atoms with Crippen molar-refractivity contribution in [3.8, 4) is 11.1 Å². The Balaban J connectivity index is 1.31. The molecule has 9 heteroatoms. The number of amides is 2. The quantitative estimate of drug-likeness (QED) is 0.506. The van der Waals surface area contributed by atoms with Gasteiger partial charge in [0.25, 0.3) is 5.91 Å². The third kappa shape index (κ3) is 4.94. The largest absolute Gasteiger partial charge is 0.481 e. The van der Waals surface area contributed by atoms with Crippen LogP contribution in [0.25, 0.3) is 11.1 Å². The zero-order valence-electron chi connectivity index (χ0n) is 18.9. The van der Waals surface area contributed by atoms with Crippen LogP contribution in [0.3, 0.4) is 0 Å². The average molecular weight is 480 g/mol. The molecule has 1 aromatic heterocycles. The number of aromatic nitrogens is 1. The van der Waals surface area contributed by atoms with Gasteiger partial charge in [-0.3, -0.25) is 9.59 Å². The molecule has 34 heavy (non-hydrogen) atoms. The fraction of sp³-hybridized carbons (Fsp3) is 0.280. The minimum Gasteiger partial charge on any atom is -0.481 e. The summed E-state index contributed by atoms with van der Waals surface area (Å²) in [5.74, 6) is -2.03. The van der Waals surface area contributed by atoms with E-state index in [9.17, 15) is 14.4 Å². The van der Waals surface area contributed by atoms with E-state index in [2.05, 4.69) is 34.6 Å². The first kappa shape index (κ1) is 23.4.